The Morgan fingerprint density at radius 3 is 2.00 bits per heavy atom. The van der Waals surface area contributed by atoms with Crippen LogP contribution in [0.15, 0.2) is 0 Å². The van der Waals surface area contributed by atoms with E-state index in [2.05, 4.69) is 0 Å². The SMILES string of the molecule is CC(N)CCCCCCCN(CCC(C)N)C(=O)CCC(=O)O. The average Bonchev–Trinajstić information content (AvgIpc) is 2.46. The van der Waals surface area contributed by atoms with Crippen LogP contribution in [0.3, 0.4) is 0 Å². The van der Waals surface area contributed by atoms with Crippen molar-refractivity contribution in [2.45, 2.75) is 83.7 Å². The normalized spacial score (nSPS) is 13.6. The standard InChI is InChI=1S/C17H35N3O3/c1-14(18)8-6-4-3-5-7-12-20(13-11-15(2)19)16(21)9-10-17(22)23/h14-15H,3-13,18-19H2,1-2H3,(H,22,23). The van der Waals surface area contributed by atoms with Crippen LogP contribution >= 0.6 is 0 Å². The van der Waals surface area contributed by atoms with E-state index in [4.69, 9.17) is 16.6 Å². The number of carbonyl (C=O) groups is 2. The van der Waals surface area contributed by atoms with Gasteiger partial charge in [-0.3, -0.25) is 9.59 Å². The van der Waals surface area contributed by atoms with Crippen molar-refractivity contribution in [3.05, 3.63) is 0 Å². The molecular formula is C17H35N3O3. The van der Waals surface area contributed by atoms with Gasteiger partial charge in [0.15, 0.2) is 0 Å². The molecule has 0 aliphatic rings. The van der Waals surface area contributed by atoms with E-state index in [9.17, 15) is 9.59 Å². The van der Waals surface area contributed by atoms with Gasteiger partial charge in [0, 0.05) is 31.6 Å². The van der Waals surface area contributed by atoms with Crippen LogP contribution in [0.4, 0.5) is 0 Å². The van der Waals surface area contributed by atoms with E-state index in [-0.39, 0.29) is 30.8 Å². The zero-order chi connectivity index (χ0) is 17.7. The second kappa shape index (κ2) is 13.3. The third-order valence-electron chi connectivity index (χ3n) is 3.85. The Kier molecular flexibility index (Phi) is 12.7. The topological polar surface area (TPSA) is 110 Å². The smallest absolute Gasteiger partial charge is 0.303 e. The molecule has 6 nitrogen and oxygen atoms in total. The van der Waals surface area contributed by atoms with Crippen LogP contribution in [-0.4, -0.2) is 47.1 Å². The van der Waals surface area contributed by atoms with Crippen LogP contribution in [0.5, 0.6) is 0 Å². The summed E-state index contributed by atoms with van der Waals surface area (Å²) in [5.74, 6) is -1.01. The molecule has 0 saturated carbocycles. The zero-order valence-electron chi connectivity index (χ0n) is 14.8. The lowest BCUT2D eigenvalue weighted by Gasteiger charge is -2.23. The molecule has 0 radical (unpaired) electrons. The summed E-state index contributed by atoms with van der Waals surface area (Å²) in [5.41, 5.74) is 11.5. The summed E-state index contributed by atoms with van der Waals surface area (Å²) in [7, 11) is 0. The molecule has 0 aromatic heterocycles. The maximum absolute atomic E-state index is 12.1. The first-order chi connectivity index (χ1) is 10.8. The Hall–Kier alpha value is -1.14. The van der Waals surface area contributed by atoms with Gasteiger partial charge in [-0.05, 0) is 33.1 Å². The van der Waals surface area contributed by atoms with Crippen molar-refractivity contribution in [1.82, 2.24) is 4.90 Å². The zero-order valence-corrected chi connectivity index (χ0v) is 14.8. The van der Waals surface area contributed by atoms with Crippen molar-refractivity contribution in [3.63, 3.8) is 0 Å². The van der Waals surface area contributed by atoms with Crippen molar-refractivity contribution in [2.24, 2.45) is 11.5 Å². The number of nitrogens with zero attached hydrogens (tertiary/aromatic N) is 1. The van der Waals surface area contributed by atoms with Gasteiger partial charge in [-0.15, -0.1) is 0 Å². The van der Waals surface area contributed by atoms with Gasteiger partial charge in [0.2, 0.25) is 5.91 Å². The number of hydrogen-bond acceptors (Lipinski definition) is 4. The first-order valence-corrected chi connectivity index (χ1v) is 8.83. The number of hydrogen-bond donors (Lipinski definition) is 3. The monoisotopic (exact) mass is 329 g/mol. The van der Waals surface area contributed by atoms with Crippen LogP contribution in [0.2, 0.25) is 0 Å². The molecule has 0 aliphatic carbocycles. The molecule has 6 heteroatoms. The van der Waals surface area contributed by atoms with Crippen molar-refractivity contribution in [1.29, 1.82) is 0 Å². The molecule has 2 unspecified atom stereocenters. The summed E-state index contributed by atoms with van der Waals surface area (Å²) >= 11 is 0. The van der Waals surface area contributed by atoms with Gasteiger partial charge < -0.3 is 21.5 Å². The molecule has 0 aromatic rings. The molecule has 136 valence electrons. The van der Waals surface area contributed by atoms with E-state index in [1.165, 1.54) is 6.42 Å². The number of carboxylic acid groups (broad SMARTS) is 1. The lowest BCUT2D eigenvalue weighted by Crippen LogP contribution is -2.35. The Balaban J connectivity index is 4.00. The Bertz CT molecular complexity index is 333. The first kappa shape index (κ1) is 21.9. The van der Waals surface area contributed by atoms with E-state index in [0.29, 0.717) is 13.1 Å². The predicted octanol–water partition coefficient (Wildman–Crippen LogP) is 2.10. The maximum Gasteiger partial charge on any atom is 0.303 e. The fraction of sp³-hybridized carbons (Fsp3) is 0.882. The fourth-order valence-corrected chi connectivity index (χ4v) is 2.39. The molecule has 0 heterocycles. The third kappa shape index (κ3) is 14.2. The van der Waals surface area contributed by atoms with Crippen LogP contribution in [0.1, 0.15) is 71.6 Å². The van der Waals surface area contributed by atoms with Crippen molar-refractivity contribution in [3.8, 4) is 0 Å². The molecule has 0 saturated heterocycles. The molecule has 0 aliphatic heterocycles. The highest BCUT2D eigenvalue weighted by Gasteiger charge is 2.14. The van der Waals surface area contributed by atoms with Crippen molar-refractivity contribution >= 4 is 11.9 Å². The quantitative estimate of drug-likeness (QED) is 0.423. The Morgan fingerprint density at radius 1 is 0.870 bits per heavy atom. The van der Waals surface area contributed by atoms with Crippen LogP contribution in [0, 0.1) is 0 Å². The molecule has 2 atom stereocenters. The third-order valence-corrected chi connectivity index (χ3v) is 3.85. The minimum Gasteiger partial charge on any atom is -0.481 e. The summed E-state index contributed by atoms with van der Waals surface area (Å²) in [6.45, 7) is 5.25. The highest BCUT2D eigenvalue weighted by molar-refractivity contribution is 5.80. The summed E-state index contributed by atoms with van der Waals surface area (Å²) in [4.78, 5) is 24.5. The number of unbranched alkanes of at least 4 members (excludes halogenated alkanes) is 4. The highest BCUT2D eigenvalue weighted by atomic mass is 16.4. The van der Waals surface area contributed by atoms with E-state index < -0.39 is 5.97 Å². The van der Waals surface area contributed by atoms with E-state index >= 15 is 0 Å². The number of nitrogens with two attached hydrogens (primary N) is 2. The fourth-order valence-electron chi connectivity index (χ4n) is 2.39. The largest absolute Gasteiger partial charge is 0.481 e. The second-order valence-electron chi connectivity index (χ2n) is 6.57. The van der Waals surface area contributed by atoms with Gasteiger partial charge in [0.25, 0.3) is 0 Å². The Morgan fingerprint density at radius 2 is 1.43 bits per heavy atom. The molecule has 0 aromatic carbocycles. The number of carboxylic acids is 1. The predicted molar refractivity (Wildman–Crippen MR) is 93.1 cm³/mol. The summed E-state index contributed by atoms with van der Waals surface area (Å²) in [5, 5.41) is 8.70. The minimum absolute atomic E-state index is 0.0445. The van der Waals surface area contributed by atoms with Crippen molar-refractivity contribution in [2.75, 3.05) is 13.1 Å². The van der Waals surface area contributed by atoms with E-state index in [1.807, 2.05) is 13.8 Å². The lowest BCUT2D eigenvalue weighted by atomic mass is 10.1. The molecule has 23 heavy (non-hydrogen) atoms. The molecule has 0 spiro atoms. The lowest BCUT2D eigenvalue weighted by molar-refractivity contribution is -0.141. The first-order valence-electron chi connectivity index (χ1n) is 8.83. The molecule has 0 rings (SSSR count). The molecule has 0 fully saturated rings. The summed E-state index contributed by atoms with van der Waals surface area (Å²) in [6, 6.07) is 0.318. The number of amides is 1. The van der Waals surface area contributed by atoms with Crippen LogP contribution < -0.4 is 11.5 Å². The maximum atomic E-state index is 12.1. The molecule has 1 amide bonds. The molecule has 5 N–H and O–H groups in total. The number of aliphatic carboxylic acids is 1. The minimum atomic E-state index is -0.931. The second-order valence-corrected chi connectivity index (χ2v) is 6.57. The number of carbonyl (C=O) groups excluding carboxylic acids is 1. The van der Waals surface area contributed by atoms with Crippen LogP contribution in [0.25, 0.3) is 0 Å². The van der Waals surface area contributed by atoms with Gasteiger partial charge in [-0.1, -0.05) is 25.7 Å². The van der Waals surface area contributed by atoms with E-state index in [0.717, 1.165) is 38.5 Å². The summed E-state index contributed by atoms with van der Waals surface area (Å²) < 4.78 is 0. The van der Waals surface area contributed by atoms with Gasteiger partial charge in [0.1, 0.15) is 0 Å². The summed E-state index contributed by atoms with van der Waals surface area (Å²) in [6.07, 6.45) is 7.29. The van der Waals surface area contributed by atoms with Gasteiger partial charge >= 0.3 is 5.97 Å². The van der Waals surface area contributed by atoms with Crippen molar-refractivity contribution < 1.29 is 14.7 Å². The Labute approximate surface area is 140 Å². The molecular weight excluding hydrogens is 294 g/mol. The highest BCUT2D eigenvalue weighted by Crippen LogP contribution is 2.09. The van der Waals surface area contributed by atoms with Gasteiger partial charge in [0.05, 0.1) is 6.42 Å². The van der Waals surface area contributed by atoms with Crippen LogP contribution in [-0.2, 0) is 9.59 Å². The average molecular weight is 329 g/mol. The molecule has 0 bridgehead atoms. The van der Waals surface area contributed by atoms with Gasteiger partial charge in [-0.2, -0.15) is 0 Å². The number of rotatable bonds is 14. The van der Waals surface area contributed by atoms with Gasteiger partial charge in [-0.25, -0.2) is 0 Å². The van der Waals surface area contributed by atoms with E-state index in [1.54, 1.807) is 4.90 Å².